The number of carbonyl (C=O) groups is 1. The molecule has 0 aliphatic heterocycles. The molecule has 0 bridgehead atoms. The van der Waals surface area contributed by atoms with Crippen LogP contribution in [-0.4, -0.2) is 22.4 Å². The SMILES string of the molecule is CCNC(=O)c1ccc(CSc2nc3ccccc3[nH]2)cc1. The Labute approximate surface area is 133 Å². The molecule has 1 amide bonds. The lowest BCUT2D eigenvalue weighted by atomic mass is 10.1. The highest BCUT2D eigenvalue weighted by atomic mass is 32.2. The lowest BCUT2D eigenvalue weighted by molar-refractivity contribution is 0.0956. The molecular formula is C17H17N3OS. The number of benzene rings is 2. The quantitative estimate of drug-likeness (QED) is 0.708. The van der Waals surface area contributed by atoms with Gasteiger partial charge in [-0.3, -0.25) is 4.79 Å². The van der Waals surface area contributed by atoms with E-state index in [2.05, 4.69) is 15.3 Å². The predicted octanol–water partition coefficient (Wildman–Crippen LogP) is 3.60. The fraction of sp³-hybridized carbons (Fsp3) is 0.176. The van der Waals surface area contributed by atoms with Crippen LogP contribution in [0.3, 0.4) is 0 Å². The third-order valence-corrected chi connectivity index (χ3v) is 4.24. The van der Waals surface area contributed by atoms with E-state index in [1.165, 1.54) is 5.56 Å². The summed E-state index contributed by atoms with van der Waals surface area (Å²) in [4.78, 5) is 19.5. The number of fused-ring (bicyclic) bond motifs is 1. The van der Waals surface area contributed by atoms with Crippen molar-refractivity contribution in [2.24, 2.45) is 0 Å². The van der Waals surface area contributed by atoms with Crippen LogP contribution in [0.2, 0.25) is 0 Å². The topological polar surface area (TPSA) is 57.8 Å². The van der Waals surface area contributed by atoms with E-state index in [0.29, 0.717) is 12.1 Å². The van der Waals surface area contributed by atoms with Crippen LogP contribution >= 0.6 is 11.8 Å². The van der Waals surface area contributed by atoms with E-state index in [1.54, 1.807) is 11.8 Å². The molecule has 22 heavy (non-hydrogen) atoms. The molecule has 0 saturated heterocycles. The van der Waals surface area contributed by atoms with Gasteiger partial charge in [-0.05, 0) is 36.8 Å². The van der Waals surface area contributed by atoms with E-state index in [0.717, 1.165) is 21.9 Å². The fourth-order valence-corrected chi connectivity index (χ4v) is 3.01. The molecule has 1 aromatic heterocycles. The first kappa shape index (κ1) is 14.7. The van der Waals surface area contributed by atoms with Crippen molar-refractivity contribution < 1.29 is 4.79 Å². The Morgan fingerprint density at radius 3 is 2.68 bits per heavy atom. The van der Waals surface area contributed by atoms with Gasteiger partial charge < -0.3 is 10.3 Å². The Hall–Kier alpha value is -2.27. The first-order valence-electron chi connectivity index (χ1n) is 7.21. The summed E-state index contributed by atoms with van der Waals surface area (Å²) in [6.07, 6.45) is 0. The summed E-state index contributed by atoms with van der Waals surface area (Å²) in [6.45, 7) is 2.55. The Kier molecular flexibility index (Phi) is 4.44. The van der Waals surface area contributed by atoms with E-state index in [4.69, 9.17) is 0 Å². The molecule has 1 heterocycles. The third kappa shape index (κ3) is 3.31. The first-order valence-corrected chi connectivity index (χ1v) is 8.19. The maximum Gasteiger partial charge on any atom is 0.251 e. The number of rotatable bonds is 5. The summed E-state index contributed by atoms with van der Waals surface area (Å²) in [5, 5.41) is 3.71. The summed E-state index contributed by atoms with van der Waals surface area (Å²) in [5.74, 6) is 0.786. The molecule has 0 spiro atoms. The van der Waals surface area contributed by atoms with E-state index in [1.807, 2.05) is 55.5 Å². The Morgan fingerprint density at radius 2 is 1.95 bits per heavy atom. The normalized spacial score (nSPS) is 10.8. The highest BCUT2D eigenvalue weighted by Gasteiger charge is 2.05. The fourth-order valence-electron chi connectivity index (χ4n) is 2.16. The van der Waals surface area contributed by atoms with Crippen molar-refractivity contribution in [2.75, 3.05) is 6.54 Å². The van der Waals surface area contributed by atoms with Gasteiger partial charge in [-0.2, -0.15) is 0 Å². The highest BCUT2D eigenvalue weighted by Crippen LogP contribution is 2.23. The van der Waals surface area contributed by atoms with Crippen LogP contribution in [0.4, 0.5) is 0 Å². The summed E-state index contributed by atoms with van der Waals surface area (Å²) < 4.78 is 0. The molecule has 0 fully saturated rings. The zero-order valence-corrected chi connectivity index (χ0v) is 13.1. The molecule has 4 nitrogen and oxygen atoms in total. The number of amides is 1. The van der Waals surface area contributed by atoms with Crippen LogP contribution in [0.1, 0.15) is 22.8 Å². The summed E-state index contributed by atoms with van der Waals surface area (Å²) in [5.41, 5.74) is 3.89. The minimum absolute atomic E-state index is 0.0287. The van der Waals surface area contributed by atoms with Gasteiger partial charge in [-0.15, -0.1) is 0 Å². The van der Waals surface area contributed by atoms with Crippen molar-refractivity contribution in [3.8, 4) is 0 Å². The van der Waals surface area contributed by atoms with Crippen molar-refractivity contribution in [2.45, 2.75) is 17.8 Å². The minimum atomic E-state index is -0.0287. The van der Waals surface area contributed by atoms with Gasteiger partial charge in [-0.25, -0.2) is 4.98 Å². The molecule has 5 heteroatoms. The average molecular weight is 311 g/mol. The highest BCUT2D eigenvalue weighted by molar-refractivity contribution is 7.98. The molecule has 0 aliphatic rings. The monoisotopic (exact) mass is 311 g/mol. The van der Waals surface area contributed by atoms with Gasteiger partial charge in [0.1, 0.15) is 0 Å². The van der Waals surface area contributed by atoms with E-state index in [-0.39, 0.29) is 5.91 Å². The molecule has 2 aromatic carbocycles. The van der Waals surface area contributed by atoms with Crippen LogP contribution in [0.15, 0.2) is 53.7 Å². The number of hydrogen-bond donors (Lipinski definition) is 2. The molecule has 112 valence electrons. The lowest BCUT2D eigenvalue weighted by Gasteiger charge is -2.03. The Bertz CT molecular complexity index is 747. The van der Waals surface area contributed by atoms with Gasteiger partial charge in [0.05, 0.1) is 11.0 Å². The maximum absolute atomic E-state index is 11.7. The van der Waals surface area contributed by atoms with Crippen LogP contribution in [-0.2, 0) is 5.75 Å². The molecule has 3 aromatic rings. The van der Waals surface area contributed by atoms with Gasteiger partial charge in [0.2, 0.25) is 0 Å². The summed E-state index contributed by atoms with van der Waals surface area (Å²) in [7, 11) is 0. The molecule has 3 rings (SSSR count). The standard InChI is InChI=1S/C17H17N3OS/c1-2-18-16(21)13-9-7-12(8-10-13)11-22-17-19-14-5-3-4-6-15(14)20-17/h3-10H,2,11H2,1H3,(H,18,21)(H,19,20). The van der Waals surface area contributed by atoms with Gasteiger partial charge in [0.15, 0.2) is 5.16 Å². The van der Waals surface area contributed by atoms with Crippen molar-refractivity contribution in [1.29, 1.82) is 0 Å². The third-order valence-electron chi connectivity index (χ3n) is 3.30. The second kappa shape index (κ2) is 6.66. The second-order valence-corrected chi connectivity index (χ2v) is 5.87. The predicted molar refractivity (Wildman–Crippen MR) is 90.1 cm³/mol. The van der Waals surface area contributed by atoms with Crippen molar-refractivity contribution in [3.05, 3.63) is 59.7 Å². The molecular weight excluding hydrogens is 294 g/mol. The van der Waals surface area contributed by atoms with Crippen molar-refractivity contribution >= 4 is 28.7 Å². The number of H-pyrrole nitrogens is 1. The molecule has 0 radical (unpaired) electrons. The van der Waals surface area contributed by atoms with Gasteiger partial charge in [-0.1, -0.05) is 36.0 Å². The number of imidazole rings is 1. The minimum Gasteiger partial charge on any atom is -0.352 e. The van der Waals surface area contributed by atoms with E-state index >= 15 is 0 Å². The number of hydrogen-bond acceptors (Lipinski definition) is 3. The van der Waals surface area contributed by atoms with Crippen LogP contribution < -0.4 is 5.32 Å². The van der Waals surface area contributed by atoms with Crippen LogP contribution in [0.25, 0.3) is 11.0 Å². The number of aromatic nitrogens is 2. The van der Waals surface area contributed by atoms with Gasteiger partial charge in [0.25, 0.3) is 5.91 Å². The first-order chi connectivity index (χ1) is 10.8. The summed E-state index contributed by atoms with van der Waals surface area (Å²) in [6, 6.07) is 15.7. The molecule has 0 aliphatic carbocycles. The van der Waals surface area contributed by atoms with E-state index in [9.17, 15) is 4.79 Å². The second-order valence-electron chi connectivity index (χ2n) is 4.90. The largest absolute Gasteiger partial charge is 0.352 e. The van der Waals surface area contributed by atoms with Gasteiger partial charge in [0, 0.05) is 17.9 Å². The van der Waals surface area contributed by atoms with Gasteiger partial charge >= 0.3 is 0 Å². The average Bonchev–Trinajstić information content (AvgIpc) is 2.96. The smallest absolute Gasteiger partial charge is 0.251 e. The molecule has 0 saturated carbocycles. The van der Waals surface area contributed by atoms with Crippen molar-refractivity contribution in [1.82, 2.24) is 15.3 Å². The number of nitrogens with one attached hydrogen (secondary N) is 2. The molecule has 0 atom stereocenters. The van der Waals surface area contributed by atoms with Crippen LogP contribution in [0, 0.1) is 0 Å². The number of thioether (sulfide) groups is 1. The molecule has 0 unspecified atom stereocenters. The van der Waals surface area contributed by atoms with Crippen molar-refractivity contribution in [3.63, 3.8) is 0 Å². The zero-order chi connectivity index (χ0) is 15.4. The van der Waals surface area contributed by atoms with Crippen LogP contribution in [0.5, 0.6) is 0 Å². The van der Waals surface area contributed by atoms with E-state index < -0.39 is 0 Å². The maximum atomic E-state index is 11.7. The summed E-state index contributed by atoms with van der Waals surface area (Å²) >= 11 is 1.66. The number of aromatic amines is 1. The zero-order valence-electron chi connectivity index (χ0n) is 12.3. The number of carbonyl (C=O) groups excluding carboxylic acids is 1. The Balaban J connectivity index is 1.64. The lowest BCUT2D eigenvalue weighted by Crippen LogP contribution is -2.22. The number of para-hydroxylation sites is 2. The molecule has 2 N–H and O–H groups in total. The number of nitrogens with zero attached hydrogens (tertiary/aromatic N) is 1. The Morgan fingerprint density at radius 1 is 1.18 bits per heavy atom.